The van der Waals surface area contributed by atoms with Crippen molar-refractivity contribution in [3.63, 3.8) is 0 Å². The number of hydrogen-bond acceptors (Lipinski definition) is 1. The van der Waals surface area contributed by atoms with Crippen LogP contribution in [0, 0.1) is 6.92 Å². The lowest BCUT2D eigenvalue weighted by molar-refractivity contribution is -1.09. The summed E-state index contributed by atoms with van der Waals surface area (Å²) in [5, 5.41) is 0. The van der Waals surface area contributed by atoms with Crippen molar-refractivity contribution in [2.75, 3.05) is 14.1 Å². The fourth-order valence-corrected chi connectivity index (χ4v) is 3.05. The number of hydrogen-bond donors (Lipinski definition) is 0. The fourth-order valence-electron chi connectivity index (χ4n) is 3.05. The third kappa shape index (κ3) is 2.49. The molecule has 1 aliphatic heterocycles. The zero-order valence-corrected chi connectivity index (χ0v) is 12.4. The molecule has 1 heterocycles. The van der Waals surface area contributed by atoms with Gasteiger partial charge >= 0.3 is 0 Å². The van der Waals surface area contributed by atoms with Crippen LogP contribution in [0.1, 0.15) is 35.3 Å². The van der Waals surface area contributed by atoms with Gasteiger partial charge in [-0.25, -0.2) is 0 Å². The van der Waals surface area contributed by atoms with Crippen molar-refractivity contribution >= 4 is 0 Å². The Kier molecular flexibility index (Phi) is 3.36. The maximum absolute atomic E-state index is 6.27. The van der Waals surface area contributed by atoms with Crippen LogP contribution in [-0.4, -0.2) is 18.7 Å². The number of nitrogens with zero attached hydrogens (tertiary/aromatic N) is 1. The van der Waals surface area contributed by atoms with Crippen LogP contribution in [0.4, 0.5) is 0 Å². The molecule has 104 valence electrons. The van der Waals surface area contributed by atoms with Gasteiger partial charge in [-0.2, -0.15) is 9.48 Å². The van der Waals surface area contributed by atoms with E-state index < -0.39 is 0 Å². The number of hydroxylamine groups is 3. The molecule has 2 aromatic rings. The molecule has 0 bridgehead atoms. The van der Waals surface area contributed by atoms with E-state index in [-0.39, 0.29) is 6.10 Å². The van der Waals surface area contributed by atoms with Crippen molar-refractivity contribution < 1.29 is 9.48 Å². The van der Waals surface area contributed by atoms with E-state index >= 15 is 0 Å². The van der Waals surface area contributed by atoms with Gasteiger partial charge < -0.3 is 0 Å². The van der Waals surface area contributed by atoms with Gasteiger partial charge in [0, 0.05) is 12.0 Å². The smallest absolute Gasteiger partial charge is 0.148 e. The number of benzene rings is 2. The van der Waals surface area contributed by atoms with Gasteiger partial charge in [0.05, 0.1) is 14.1 Å². The fraction of sp³-hybridized carbons (Fsp3) is 0.333. The van der Waals surface area contributed by atoms with E-state index in [1.165, 1.54) is 16.7 Å². The second-order valence-electron chi connectivity index (χ2n) is 6.10. The molecule has 0 amide bonds. The van der Waals surface area contributed by atoms with E-state index in [1.807, 2.05) is 0 Å². The van der Waals surface area contributed by atoms with Crippen LogP contribution in [-0.2, 0) is 4.84 Å². The largest absolute Gasteiger partial charge is 0.195 e. The topological polar surface area (TPSA) is 9.23 Å². The molecule has 0 aromatic heterocycles. The summed E-state index contributed by atoms with van der Waals surface area (Å²) in [7, 11) is 4.29. The molecule has 0 N–H and O–H groups in total. The Morgan fingerprint density at radius 2 is 1.55 bits per heavy atom. The Balaban J connectivity index is 1.88. The SMILES string of the molecule is Cc1ccc(C2CC(c3ccccc3)O[N+]2(C)C)cc1. The lowest BCUT2D eigenvalue weighted by atomic mass is 9.97. The van der Waals surface area contributed by atoms with Gasteiger partial charge in [-0.1, -0.05) is 60.2 Å². The highest BCUT2D eigenvalue weighted by atomic mass is 16.7. The first kappa shape index (κ1) is 13.3. The zero-order chi connectivity index (χ0) is 14.2. The second kappa shape index (κ2) is 5.04. The summed E-state index contributed by atoms with van der Waals surface area (Å²) < 4.78 is 0.586. The molecule has 2 heteroatoms. The average Bonchev–Trinajstić information content (AvgIpc) is 2.77. The summed E-state index contributed by atoms with van der Waals surface area (Å²) in [5.41, 5.74) is 3.94. The van der Waals surface area contributed by atoms with Crippen molar-refractivity contribution in [2.45, 2.75) is 25.5 Å². The van der Waals surface area contributed by atoms with Gasteiger partial charge in [0.25, 0.3) is 0 Å². The third-order valence-electron chi connectivity index (χ3n) is 4.22. The monoisotopic (exact) mass is 268 g/mol. The Morgan fingerprint density at radius 3 is 2.20 bits per heavy atom. The number of quaternary nitrogens is 1. The van der Waals surface area contributed by atoms with Crippen LogP contribution >= 0.6 is 0 Å². The van der Waals surface area contributed by atoms with Crippen molar-refractivity contribution in [2.24, 2.45) is 0 Å². The molecule has 0 saturated carbocycles. The van der Waals surface area contributed by atoms with Gasteiger partial charge in [0.2, 0.25) is 0 Å². The normalized spacial score (nSPS) is 24.8. The average molecular weight is 268 g/mol. The Morgan fingerprint density at radius 1 is 0.900 bits per heavy atom. The molecule has 2 atom stereocenters. The van der Waals surface area contributed by atoms with E-state index in [0.717, 1.165) is 6.42 Å². The van der Waals surface area contributed by atoms with E-state index in [2.05, 4.69) is 75.6 Å². The lowest BCUT2D eigenvalue weighted by Crippen LogP contribution is -2.37. The minimum Gasteiger partial charge on any atom is -0.195 e. The molecule has 1 aliphatic rings. The molecule has 0 radical (unpaired) electrons. The third-order valence-corrected chi connectivity index (χ3v) is 4.22. The quantitative estimate of drug-likeness (QED) is 0.742. The highest BCUT2D eigenvalue weighted by Crippen LogP contribution is 2.44. The van der Waals surface area contributed by atoms with Crippen LogP contribution < -0.4 is 0 Å². The molecule has 2 nitrogen and oxygen atoms in total. The van der Waals surface area contributed by atoms with Gasteiger partial charge in [0.1, 0.15) is 12.1 Å². The van der Waals surface area contributed by atoms with Crippen molar-refractivity contribution in [3.8, 4) is 0 Å². The standard InChI is InChI=1S/C18H22NO/c1-14-9-11-15(12-10-14)17-13-18(20-19(17,2)3)16-7-5-4-6-8-16/h4-12,17-18H,13H2,1-3H3/q+1. The van der Waals surface area contributed by atoms with Crippen molar-refractivity contribution in [1.29, 1.82) is 0 Å². The van der Waals surface area contributed by atoms with Gasteiger partial charge in [0.15, 0.2) is 0 Å². The molecule has 2 aromatic carbocycles. The van der Waals surface area contributed by atoms with Gasteiger partial charge in [-0.15, -0.1) is 0 Å². The van der Waals surface area contributed by atoms with E-state index in [9.17, 15) is 0 Å². The molecular formula is C18H22NO+. The molecule has 20 heavy (non-hydrogen) atoms. The first-order valence-corrected chi connectivity index (χ1v) is 7.20. The number of aryl methyl sites for hydroxylation is 1. The van der Waals surface area contributed by atoms with Crippen molar-refractivity contribution in [1.82, 2.24) is 0 Å². The van der Waals surface area contributed by atoms with Crippen LogP contribution in [0.5, 0.6) is 0 Å². The highest BCUT2D eigenvalue weighted by molar-refractivity contribution is 5.25. The second-order valence-corrected chi connectivity index (χ2v) is 6.10. The molecule has 0 spiro atoms. The number of rotatable bonds is 2. The predicted octanol–water partition coefficient (Wildman–Crippen LogP) is 4.19. The molecule has 2 unspecified atom stereocenters. The van der Waals surface area contributed by atoms with Crippen LogP contribution in [0.25, 0.3) is 0 Å². The predicted molar refractivity (Wildman–Crippen MR) is 80.9 cm³/mol. The molecule has 1 saturated heterocycles. The minimum atomic E-state index is 0.178. The maximum atomic E-state index is 6.27. The minimum absolute atomic E-state index is 0.178. The molecule has 3 rings (SSSR count). The first-order valence-electron chi connectivity index (χ1n) is 7.20. The van der Waals surface area contributed by atoms with E-state index in [0.29, 0.717) is 10.7 Å². The van der Waals surface area contributed by atoms with Crippen LogP contribution in [0.2, 0.25) is 0 Å². The summed E-state index contributed by atoms with van der Waals surface area (Å²) in [4.78, 5) is 6.27. The van der Waals surface area contributed by atoms with Gasteiger partial charge in [-0.3, -0.25) is 0 Å². The Hall–Kier alpha value is -1.64. The Labute approximate surface area is 121 Å². The molecule has 0 aliphatic carbocycles. The van der Waals surface area contributed by atoms with E-state index in [1.54, 1.807) is 0 Å². The zero-order valence-electron chi connectivity index (χ0n) is 12.4. The van der Waals surface area contributed by atoms with Crippen molar-refractivity contribution in [3.05, 3.63) is 71.3 Å². The summed E-state index contributed by atoms with van der Waals surface area (Å²) in [6.45, 7) is 2.13. The van der Waals surface area contributed by atoms with Gasteiger partial charge in [-0.05, 0) is 12.5 Å². The Bertz CT molecular complexity index is 574. The van der Waals surface area contributed by atoms with Crippen LogP contribution in [0.3, 0.4) is 0 Å². The highest BCUT2D eigenvalue weighted by Gasteiger charge is 2.44. The molecule has 1 fully saturated rings. The first-order chi connectivity index (χ1) is 9.56. The summed E-state index contributed by atoms with van der Waals surface area (Å²) in [6.07, 6.45) is 1.21. The summed E-state index contributed by atoms with van der Waals surface area (Å²) >= 11 is 0. The summed E-state index contributed by atoms with van der Waals surface area (Å²) in [6, 6.07) is 19.8. The summed E-state index contributed by atoms with van der Waals surface area (Å²) in [5.74, 6) is 0. The lowest BCUT2D eigenvalue weighted by Gasteiger charge is -2.28. The maximum Gasteiger partial charge on any atom is 0.148 e. The van der Waals surface area contributed by atoms with Crippen LogP contribution in [0.15, 0.2) is 54.6 Å². The van der Waals surface area contributed by atoms with E-state index in [4.69, 9.17) is 4.84 Å². The molecular weight excluding hydrogens is 246 g/mol.